The van der Waals surface area contributed by atoms with Gasteiger partial charge in [-0.2, -0.15) is 0 Å². The first-order valence-electron chi connectivity index (χ1n) is 41.8. The molecule has 16 nitrogen and oxygen atoms in total. The predicted octanol–water partition coefficient (Wildman–Crippen LogP) is 32.3. The molecule has 138 heavy (non-hydrogen) atoms. The molecule has 0 saturated heterocycles. The molecule has 0 aliphatic carbocycles. The van der Waals surface area contributed by atoms with Crippen molar-refractivity contribution < 1.29 is 80.1 Å². The minimum absolute atomic E-state index is 0. The van der Waals surface area contributed by atoms with Crippen LogP contribution in [0.4, 0.5) is 25.2 Å². The van der Waals surface area contributed by atoms with E-state index in [4.69, 9.17) is 97.5 Å². The summed E-state index contributed by atoms with van der Waals surface area (Å²) in [6, 6.07) is 110. The second kappa shape index (κ2) is 47.2. The number of halogens is 12. The molecule has 21 aromatic rings. The number of rotatable bonds is 12. The van der Waals surface area contributed by atoms with Crippen LogP contribution in [0, 0.1) is 27.7 Å². The smallest absolute Gasteiger partial charge is 0 e. The molecule has 0 radical (unpaired) electrons. The van der Waals surface area contributed by atoms with E-state index in [2.05, 4.69) is 211 Å². The van der Waals surface area contributed by atoms with Crippen molar-refractivity contribution in [3.63, 3.8) is 0 Å². The number of benzene rings is 7. The Morgan fingerprint density at radius 3 is 0.717 bits per heavy atom. The number of hydrogen-bond acceptors (Lipinski definition) is 16. The SMILES string of the molecule is COc1ccc(-c2ccc3ccc4ccc(-c5ccc(C)cn5)nc4c3n2)cc1.COc1ccc(-c2ccc3ccc4cccnc4c3n2)cc1.Cc1ccc(-c2cc(-c3ccccn3)nc(-c3ccccn3)c2)cc1.Cc1ccc(-c2cc(-c3ccccn3)nc(-c3ccccn3)c2)cc1.Cc1ccc(-c2ccc3ccc4cccnc4c3n2)nc1.F[P-](F)(F)(F)(F)F.[Cl][Ru]([Cl])[Cl].[Cl][Ru]([Cl])[Cl].[Ru]. The molecule has 0 unspecified atom stereocenters. The van der Waals surface area contributed by atoms with Crippen molar-refractivity contribution in [2.24, 2.45) is 0 Å². The number of fused-ring (bicyclic) bond motifs is 9. The standard InChI is InChI=1S/C25H19N3O.2C22H17N3.C19H14N2O.C18H13N3.6ClH.F6P.3Ru/c1-16-3-12-22(26-15-16)23-14-9-19-5-4-18-8-13-21(27-24(18)25(19)28-23)17-6-10-20(29-2)11-7-17;2*1-16-8-10-17(11-9-16)18-14-21(19-6-2-4-12-23-19)25-22(15-18)20-7-3-5-13-24-20;1-22-16-9-6-13(7-10-16)17-11-8-15-5-4-14-3-2-12-20-18(14)19(15)21-17;1-12-4-8-15(20-11-12)16-9-7-14-6-5-13-3-2-10-19-17(13)18(14)21-16;;;;;;;1-7(2,3,4,5)6;;;/h3-15H,1-2H3;2*2-15H,1H3;2-12H,1H3;2-11H,1H3;6*1H;;;;/q;;;;;;;;;;;-1;;2*+3/p-6. The summed E-state index contributed by atoms with van der Waals surface area (Å²) in [6.07, 6.45) is 14.5. The Balaban J connectivity index is 0.000000140. The third-order valence-electron chi connectivity index (χ3n) is 20.6. The second-order valence-electron chi connectivity index (χ2n) is 30.4. The van der Waals surface area contributed by atoms with Crippen molar-refractivity contribution in [3.8, 4) is 125 Å². The fourth-order valence-corrected chi connectivity index (χ4v) is 14.1. The third-order valence-corrected chi connectivity index (χ3v) is 20.6. The average Bonchev–Trinajstić information content (AvgIpc) is 0.771. The first-order valence-corrected chi connectivity index (χ1v) is 57.2. The average molecular weight is 2240 g/mol. The van der Waals surface area contributed by atoms with Crippen molar-refractivity contribution >= 4 is 131 Å². The number of methoxy groups -OCH3 is 2. The van der Waals surface area contributed by atoms with Gasteiger partial charge in [-0.15, -0.1) is 0 Å². The summed E-state index contributed by atoms with van der Waals surface area (Å²) in [5.74, 6) is 1.67. The number of nitrogens with zero attached hydrogens (tertiary/aromatic N) is 14. The van der Waals surface area contributed by atoms with E-state index in [1.54, 1.807) is 45.2 Å². The van der Waals surface area contributed by atoms with Crippen LogP contribution in [0.3, 0.4) is 0 Å². The van der Waals surface area contributed by atoms with Crippen LogP contribution in [0.25, 0.3) is 179 Å². The van der Waals surface area contributed by atoms with Gasteiger partial charge >= 0.3 is 117 Å². The summed E-state index contributed by atoms with van der Waals surface area (Å²) in [5, 5.41) is 6.53. The van der Waals surface area contributed by atoms with Crippen LogP contribution in [-0.4, -0.2) is 84.0 Å². The number of hydrogen-bond donors (Lipinski definition) is 0. The van der Waals surface area contributed by atoms with Crippen molar-refractivity contribution in [1.82, 2.24) is 69.8 Å². The molecule has 0 aliphatic heterocycles. The van der Waals surface area contributed by atoms with Crippen molar-refractivity contribution in [2.45, 2.75) is 27.7 Å². The first kappa shape index (κ1) is 103. The molecule has 0 atom stereocenters. The molecule has 32 heteroatoms. The van der Waals surface area contributed by atoms with Gasteiger partial charge < -0.3 is 9.47 Å². The van der Waals surface area contributed by atoms with E-state index < -0.39 is 33.8 Å². The van der Waals surface area contributed by atoms with Crippen molar-refractivity contribution in [2.75, 3.05) is 14.2 Å². The summed E-state index contributed by atoms with van der Waals surface area (Å²) in [6.45, 7) is 8.24. The van der Waals surface area contributed by atoms with E-state index in [0.29, 0.717) is 0 Å². The Hall–Kier alpha value is -12.6. The van der Waals surface area contributed by atoms with E-state index in [0.717, 1.165) is 201 Å². The van der Waals surface area contributed by atoms with Gasteiger partial charge in [0.05, 0.1) is 127 Å². The van der Waals surface area contributed by atoms with Crippen LogP contribution in [0.1, 0.15) is 22.3 Å². The summed E-state index contributed by atoms with van der Waals surface area (Å²) in [7, 11) is 22.4. The molecule has 700 valence electrons. The maximum absolute atomic E-state index is 10.7. The quantitative estimate of drug-likeness (QED) is 0.0484. The van der Waals surface area contributed by atoms with Gasteiger partial charge in [0.2, 0.25) is 0 Å². The summed E-state index contributed by atoms with van der Waals surface area (Å²) >= 11 is -3.51. The normalized spacial score (nSPS) is 11.4. The third kappa shape index (κ3) is 30.0. The Kier molecular flexibility index (Phi) is 35.2. The number of pyridine rings is 14. The van der Waals surface area contributed by atoms with Gasteiger partial charge in [-0.05, 0) is 231 Å². The molecule has 14 aromatic heterocycles. The van der Waals surface area contributed by atoms with Gasteiger partial charge in [-0.25, -0.2) is 29.9 Å². The minimum Gasteiger partial charge on any atom is 0 e. The Labute approximate surface area is 839 Å². The van der Waals surface area contributed by atoms with Gasteiger partial charge in [-0.3, -0.25) is 39.9 Å². The largest absolute Gasteiger partial charge is 0 e. The molecule has 0 amide bonds. The summed E-state index contributed by atoms with van der Waals surface area (Å²) < 4.78 is 69.7. The zero-order valence-corrected chi connectivity index (χ0v) is 84.6. The van der Waals surface area contributed by atoms with Crippen LogP contribution in [0.15, 0.2) is 377 Å². The molecular weight excluding hydrogens is 2160 g/mol. The van der Waals surface area contributed by atoms with E-state index in [1.807, 2.05) is 202 Å². The van der Waals surface area contributed by atoms with Gasteiger partial charge in [0.25, 0.3) is 0 Å². The topological polar surface area (TPSA) is 199 Å². The Morgan fingerprint density at radius 1 is 0.217 bits per heavy atom. The first-order chi connectivity index (χ1) is 65.9. The van der Waals surface area contributed by atoms with Crippen LogP contribution < -0.4 is 9.47 Å². The predicted molar refractivity (Wildman–Crippen MR) is 541 cm³/mol. The summed E-state index contributed by atoms with van der Waals surface area (Å²) in [4.78, 5) is 64.8. The molecule has 0 bridgehead atoms. The molecule has 14 heterocycles. The molecule has 0 saturated carbocycles. The van der Waals surface area contributed by atoms with Gasteiger partial charge in [0, 0.05) is 112 Å². The molecule has 0 fully saturated rings. The van der Waals surface area contributed by atoms with Crippen LogP contribution in [0.5, 0.6) is 11.5 Å². The second-order valence-corrected chi connectivity index (χ2v) is 48.2. The monoisotopic (exact) mass is 2240 g/mol. The fourth-order valence-electron chi connectivity index (χ4n) is 14.1. The van der Waals surface area contributed by atoms with Gasteiger partial charge in [0.15, 0.2) is 0 Å². The summed E-state index contributed by atoms with van der Waals surface area (Å²) in [5.41, 5.74) is 29.0. The van der Waals surface area contributed by atoms with Gasteiger partial charge in [0.1, 0.15) is 11.5 Å². The zero-order valence-electron chi connectivity index (χ0n) is 73.9. The fraction of sp³-hybridized carbons (Fsp3) is 0.0566. The van der Waals surface area contributed by atoms with Crippen LogP contribution in [0.2, 0.25) is 0 Å². The van der Waals surface area contributed by atoms with E-state index in [1.165, 1.54) is 11.1 Å². The zero-order chi connectivity index (χ0) is 96.7. The number of aryl methyl sites for hydroxylation is 4. The minimum atomic E-state index is -10.7. The maximum atomic E-state index is 9.87. The van der Waals surface area contributed by atoms with E-state index >= 15 is 0 Å². The molecule has 7 aromatic carbocycles. The molecule has 0 aliphatic rings. The molecule has 0 spiro atoms. The Bertz CT molecular complexity index is 7380. The number of ether oxygens (including phenoxy) is 2. The van der Waals surface area contributed by atoms with E-state index in [-0.39, 0.29) is 19.5 Å². The number of aromatic nitrogens is 14. The van der Waals surface area contributed by atoms with E-state index in [9.17, 15) is 25.2 Å². The van der Waals surface area contributed by atoms with Crippen LogP contribution in [-0.2, 0) is 45.4 Å². The van der Waals surface area contributed by atoms with Crippen LogP contribution >= 0.6 is 66.0 Å². The Morgan fingerprint density at radius 2 is 0.449 bits per heavy atom. The molecular formula is C106H80Cl6F6N14O2PRu3-. The van der Waals surface area contributed by atoms with Crippen molar-refractivity contribution in [3.05, 3.63) is 399 Å². The van der Waals surface area contributed by atoms with Gasteiger partial charge in [-0.1, -0.05) is 169 Å². The molecule has 0 N–H and O–H groups in total. The maximum Gasteiger partial charge on any atom is 0 e. The molecule has 21 rings (SSSR count). The van der Waals surface area contributed by atoms with Crippen molar-refractivity contribution in [1.29, 1.82) is 0 Å².